The Kier molecular flexibility index (Phi) is 23.4. The van der Waals surface area contributed by atoms with Crippen LogP contribution < -0.4 is 15.2 Å². The third kappa shape index (κ3) is 27.5. The van der Waals surface area contributed by atoms with Crippen LogP contribution in [0.15, 0.2) is 9.68 Å². The van der Waals surface area contributed by atoms with Crippen molar-refractivity contribution in [3.8, 4) is 0 Å². The third-order valence-electron chi connectivity index (χ3n) is 10.3. The minimum Gasteiger partial charge on any atom is -0.460 e. The summed E-state index contributed by atoms with van der Waals surface area (Å²) in [7, 11) is -6.59. The van der Waals surface area contributed by atoms with E-state index in [4.69, 9.17) is 24.6 Å². The number of ether oxygens (including phenoxy) is 2. The van der Waals surface area contributed by atoms with Crippen molar-refractivity contribution in [2.24, 2.45) is 28.6 Å². The second-order valence-corrected chi connectivity index (χ2v) is 22.4. The number of hydrogen-bond acceptors (Lipinski definition) is 14. The van der Waals surface area contributed by atoms with Crippen molar-refractivity contribution < 1.29 is 50.1 Å². The predicted octanol–water partition coefficient (Wildman–Crippen LogP) is 6.57. The number of nitrogens with one attached hydrogen (secondary N) is 2. The summed E-state index contributed by atoms with van der Waals surface area (Å²) in [6.45, 7) is 11.1. The van der Waals surface area contributed by atoms with Gasteiger partial charge in [-0.25, -0.2) is 31.1 Å². The van der Waals surface area contributed by atoms with E-state index >= 15 is 0 Å². The molecule has 1 aromatic heterocycles. The Balaban J connectivity index is 0.000000420. The van der Waals surface area contributed by atoms with Crippen molar-refractivity contribution in [2.75, 3.05) is 25.6 Å². The van der Waals surface area contributed by atoms with E-state index in [1.54, 1.807) is 20.8 Å². The highest BCUT2D eigenvalue weighted by atomic mass is 32.2. The number of carbonyl (C=O) groups is 3. The Morgan fingerprint density at radius 1 is 0.770 bits per heavy atom. The van der Waals surface area contributed by atoms with E-state index in [1.807, 2.05) is 20.8 Å². The zero-order valence-corrected chi connectivity index (χ0v) is 39.7. The summed E-state index contributed by atoms with van der Waals surface area (Å²) in [4.78, 5) is 46.6. The molecule has 0 aromatic carbocycles. The lowest BCUT2D eigenvalue weighted by molar-refractivity contribution is -0.161. The van der Waals surface area contributed by atoms with Gasteiger partial charge >= 0.3 is 17.9 Å². The normalized spacial score (nSPS) is 17.1. The van der Waals surface area contributed by atoms with E-state index in [0.29, 0.717) is 30.5 Å². The van der Waals surface area contributed by atoms with E-state index in [-0.39, 0.29) is 50.1 Å². The maximum absolute atomic E-state index is 12.6. The number of hydrogen-bond donors (Lipinski definition) is 3. The molecule has 0 unspecified atom stereocenters. The van der Waals surface area contributed by atoms with E-state index in [9.17, 15) is 31.2 Å². The number of amidine groups is 1. The number of nitrogens with zero attached hydrogens (tertiary/aromatic N) is 3. The van der Waals surface area contributed by atoms with Crippen molar-refractivity contribution in [2.45, 2.75) is 187 Å². The summed E-state index contributed by atoms with van der Waals surface area (Å²) >= 11 is 0. The average Bonchev–Trinajstić information content (AvgIpc) is 3.60. The molecule has 19 heteroatoms. The van der Waals surface area contributed by atoms with Gasteiger partial charge < -0.3 is 24.6 Å². The molecule has 1 heterocycles. The first-order chi connectivity index (χ1) is 28.4. The van der Waals surface area contributed by atoms with E-state index < -0.39 is 49.1 Å². The van der Waals surface area contributed by atoms with Crippen LogP contribution in [0.3, 0.4) is 0 Å². The highest BCUT2D eigenvalue weighted by Gasteiger charge is 2.29. The van der Waals surface area contributed by atoms with Crippen LogP contribution in [0, 0.1) is 17.8 Å². The first-order valence-corrected chi connectivity index (χ1v) is 25.8. The van der Waals surface area contributed by atoms with Crippen molar-refractivity contribution >= 4 is 43.8 Å². The lowest BCUT2D eigenvalue weighted by atomic mass is 9.84. The molecule has 2 aliphatic carbocycles. The molecule has 2 saturated carbocycles. The number of oxime groups is 1. The number of rotatable bonds is 23. The van der Waals surface area contributed by atoms with Gasteiger partial charge in [0, 0.05) is 31.8 Å². The second kappa shape index (κ2) is 26.5. The molecule has 2 atom stereocenters. The van der Waals surface area contributed by atoms with Gasteiger partial charge in [0.05, 0.1) is 31.3 Å². The summed E-state index contributed by atoms with van der Waals surface area (Å²) in [6, 6.07) is 0. The Hall–Kier alpha value is -3.16. The van der Waals surface area contributed by atoms with Gasteiger partial charge in [0.25, 0.3) is 0 Å². The van der Waals surface area contributed by atoms with Crippen LogP contribution in [0.1, 0.15) is 181 Å². The fourth-order valence-electron chi connectivity index (χ4n) is 7.51. The Bertz CT molecular complexity index is 1730. The molecular formula is C42H76N6O11S2. The molecular weight excluding hydrogens is 829 g/mol. The highest BCUT2D eigenvalue weighted by molar-refractivity contribution is 7.89. The molecule has 2 aliphatic rings. The van der Waals surface area contributed by atoms with Gasteiger partial charge in [-0.3, -0.25) is 9.59 Å². The quantitative estimate of drug-likeness (QED) is 0.0346. The fraction of sp³-hybridized carbons (Fsp3) is 0.857. The standard InChI is InChI=1S/C21H39N3O6S.C21H37N3O5S/c1-21(2,3)29-19(25)15-17(12-8-11-16-9-6-5-7-10-16)20(26)30-24-18(22)13-14-23-31(4,27)28;1-21(2,3)28-19(25)15-17(12-8-11-16-9-6-5-7-10-16)20-23-18(24-29-20)13-14-22-30(4,26)27/h16-17,23H,5-15H2,1-4H3,(H2,22,24);16-17,22H,5-15H2,1-4H3/t2*17-/m11/s1. The second-order valence-electron chi connectivity index (χ2n) is 18.7. The number of carbonyl (C=O) groups excluding carboxylic acids is 3. The van der Waals surface area contributed by atoms with Crippen LogP contribution in [0.2, 0.25) is 0 Å². The zero-order valence-electron chi connectivity index (χ0n) is 38.1. The minimum atomic E-state index is -3.33. The molecule has 1 aromatic rings. The van der Waals surface area contributed by atoms with Crippen LogP contribution in [0.4, 0.5) is 0 Å². The molecule has 0 amide bonds. The van der Waals surface area contributed by atoms with Crippen molar-refractivity contribution in [3.63, 3.8) is 0 Å². The Morgan fingerprint density at radius 2 is 1.26 bits per heavy atom. The number of nitrogens with two attached hydrogens (primary N) is 1. The smallest absolute Gasteiger partial charge is 0.338 e. The molecule has 17 nitrogen and oxygen atoms in total. The molecule has 3 rings (SSSR count). The van der Waals surface area contributed by atoms with Gasteiger partial charge in [0.1, 0.15) is 17.0 Å². The van der Waals surface area contributed by atoms with Gasteiger partial charge in [0.2, 0.25) is 25.9 Å². The summed E-state index contributed by atoms with van der Waals surface area (Å²) in [5.41, 5.74) is 4.50. The van der Waals surface area contributed by atoms with Gasteiger partial charge in [-0.2, -0.15) is 4.98 Å². The minimum absolute atomic E-state index is 0.0114. The molecule has 0 bridgehead atoms. The van der Waals surface area contributed by atoms with Crippen LogP contribution >= 0.6 is 0 Å². The van der Waals surface area contributed by atoms with Crippen LogP contribution in [0.5, 0.6) is 0 Å². The van der Waals surface area contributed by atoms with Crippen LogP contribution in [0.25, 0.3) is 0 Å². The first kappa shape index (κ1) is 54.0. The van der Waals surface area contributed by atoms with Gasteiger partial charge in [-0.15, -0.1) is 0 Å². The molecule has 4 N–H and O–H groups in total. The topological polar surface area (TPSA) is 249 Å². The number of sulfonamides is 2. The zero-order chi connectivity index (χ0) is 45.7. The molecule has 61 heavy (non-hydrogen) atoms. The van der Waals surface area contributed by atoms with Crippen LogP contribution in [-0.4, -0.2) is 87.5 Å². The fourth-order valence-corrected chi connectivity index (χ4v) is 8.46. The summed E-state index contributed by atoms with van der Waals surface area (Å²) in [5, 5.41) is 7.57. The lowest BCUT2D eigenvalue weighted by Gasteiger charge is -2.23. The first-order valence-electron chi connectivity index (χ1n) is 22.1. The predicted molar refractivity (Wildman–Crippen MR) is 234 cm³/mol. The van der Waals surface area contributed by atoms with E-state index in [0.717, 1.165) is 50.5 Å². The van der Waals surface area contributed by atoms with Crippen molar-refractivity contribution in [1.82, 2.24) is 19.6 Å². The molecule has 2 fully saturated rings. The van der Waals surface area contributed by atoms with E-state index in [2.05, 4.69) is 24.7 Å². The molecule has 0 aliphatic heterocycles. The number of esters is 2. The third-order valence-corrected chi connectivity index (χ3v) is 11.8. The molecule has 0 spiro atoms. The molecule has 352 valence electrons. The summed E-state index contributed by atoms with van der Waals surface area (Å²) in [5.74, 6) is 0.101. The van der Waals surface area contributed by atoms with Gasteiger partial charge in [0.15, 0.2) is 5.82 Å². The monoisotopic (exact) mass is 905 g/mol. The number of aromatic nitrogens is 2. The SMILES string of the molecule is CC(C)(C)OC(=O)C[C@@H](CCCC1CCCCC1)C(=O)O/N=C(\N)CCNS(C)(=O)=O.CC(C)(C)OC(=O)C[C@@H](CCCC1CCCCC1)c1nc(CCNS(C)(=O)=O)no1. The van der Waals surface area contributed by atoms with Crippen LogP contribution in [-0.2, 0) is 55.2 Å². The summed E-state index contributed by atoms with van der Waals surface area (Å²) in [6.07, 6.45) is 20.9. The lowest BCUT2D eigenvalue weighted by Crippen LogP contribution is -2.29. The Labute approximate surface area is 365 Å². The molecule has 0 saturated heterocycles. The highest BCUT2D eigenvalue weighted by Crippen LogP contribution is 2.32. The molecule has 0 radical (unpaired) electrons. The van der Waals surface area contributed by atoms with E-state index in [1.165, 1.54) is 64.2 Å². The van der Waals surface area contributed by atoms with Crippen molar-refractivity contribution in [1.29, 1.82) is 0 Å². The largest absolute Gasteiger partial charge is 0.460 e. The van der Waals surface area contributed by atoms with Gasteiger partial charge in [-0.05, 0) is 66.2 Å². The average molecular weight is 905 g/mol. The summed E-state index contributed by atoms with van der Waals surface area (Å²) < 4.78 is 65.5. The van der Waals surface area contributed by atoms with Crippen molar-refractivity contribution in [3.05, 3.63) is 11.7 Å². The maximum Gasteiger partial charge on any atom is 0.338 e. The maximum atomic E-state index is 12.6. The van der Waals surface area contributed by atoms with Gasteiger partial charge in [-0.1, -0.05) is 100 Å². The Morgan fingerprint density at radius 3 is 1.77 bits per heavy atom.